The monoisotopic (exact) mass is 404 g/mol. The van der Waals surface area contributed by atoms with Crippen molar-refractivity contribution >= 4 is 5.69 Å². The lowest BCUT2D eigenvalue weighted by Crippen LogP contribution is -2.19. The Hall–Kier alpha value is -2.19. The van der Waals surface area contributed by atoms with Crippen LogP contribution in [0.1, 0.15) is 80.3 Å². The first-order chi connectivity index (χ1) is 14.7. The van der Waals surface area contributed by atoms with Crippen molar-refractivity contribution in [1.29, 1.82) is 0 Å². The van der Waals surface area contributed by atoms with Crippen LogP contribution in [0.3, 0.4) is 0 Å². The van der Waals surface area contributed by atoms with Crippen LogP contribution >= 0.6 is 0 Å². The van der Waals surface area contributed by atoms with Crippen LogP contribution in [0.2, 0.25) is 0 Å². The minimum absolute atomic E-state index is 0.0231. The summed E-state index contributed by atoms with van der Waals surface area (Å²) in [6.07, 6.45) is 9.89. The molecule has 0 spiro atoms. The van der Waals surface area contributed by atoms with Gasteiger partial charge in [0, 0.05) is 18.8 Å². The van der Waals surface area contributed by atoms with Gasteiger partial charge < -0.3 is 15.2 Å². The van der Waals surface area contributed by atoms with E-state index in [1.54, 1.807) is 0 Å². The first-order valence-electron chi connectivity index (χ1n) is 11.3. The summed E-state index contributed by atoms with van der Waals surface area (Å²) in [5.41, 5.74) is 10.7. The molecule has 0 aromatic heterocycles. The third-order valence-electron chi connectivity index (χ3n) is 6.35. The van der Waals surface area contributed by atoms with Crippen LogP contribution in [0, 0.1) is 6.57 Å². The Labute approximate surface area is 180 Å². The molecule has 2 saturated heterocycles. The van der Waals surface area contributed by atoms with Gasteiger partial charge in [0.15, 0.2) is 5.69 Å². The van der Waals surface area contributed by atoms with Gasteiger partial charge in [0.1, 0.15) is 0 Å². The number of benzene rings is 2. The van der Waals surface area contributed by atoms with Crippen molar-refractivity contribution in [2.24, 2.45) is 5.73 Å². The molecule has 2 aromatic carbocycles. The van der Waals surface area contributed by atoms with Gasteiger partial charge in [-0.25, -0.2) is 4.85 Å². The lowest BCUT2D eigenvalue weighted by Gasteiger charge is -2.24. The van der Waals surface area contributed by atoms with Crippen molar-refractivity contribution in [3.8, 4) is 0 Å². The third kappa shape index (κ3) is 5.29. The Morgan fingerprint density at radius 1 is 0.833 bits per heavy atom. The summed E-state index contributed by atoms with van der Waals surface area (Å²) in [5.74, 6) is 0. The zero-order valence-corrected chi connectivity index (χ0v) is 17.7. The van der Waals surface area contributed by atoms with Gasteiger partial charge >= 0.3 is 0 Å². The van der Waals surface area contributed by atoms with Gasteiger partial charge in [-0.3, -0.25) is 0 Å². The molecule has 4 nitrogen and oxygen atoms in total. The summed E-state index contributed by atoms with van der Waals surface area (Å²) in [6, 6.07) is 16.4. The van der Waals surface area contributed by atoms with Crippen LogP contribution < -0.4 is 5.73 Å². The van der Waals surface area contributed by atoms with Crippen LogP contribution in [-0.2, 0) is 15.0 Å². The molecule has 4 heteroatoms. The van der Waals surface area contributed by atoms with Gasteiger partial charge in [-0.15, -0.1) is 0 Å². The molecule has 3 fully saturated rings. The minimum atomic E-state index is -0.0231. The Kier molecular flexibility index (Phi) is 6.84. The first-order valence-corrected chi connectivity index (χ1v) is 11.3. The molecule has 2 heterocycles. The Morgan fingerprint density at radius 2 is 1.43 bits per heavy atom. The van der Waals surface area contributed by atoms with E-state index >= 15 is 0 Å². The van der Waals surface area contributed by atoms with E-state index in [1.165, 1.54) is 36.8 Å². The SMILES string of the molecule is NC1(c2cccc(C3CCCCO3)c2)CC1.[C-]#[N+]c1cccc(C2CCCCO2)c1. The van der Waals surface area contributed by atoms with Crippen molar-refractivity contribution in [1.82, 2.24) is 0 Å². The standard InChI is InChI=1S/C14H19NO.C12H13NO/c15-14(7-8-14)12-5-3-4-11(10-12)13-6-1-2-9-16-13;1-13-11-6-4-5-10(9-11)12-7-2-3-8-14-12/h3-5,10,13H,1-2,6-9,15H2;4-6,9,12H,2-3,7-8H2. The molecule has 0 amide bonds. The van der Waals surface area contributed by atoms with E-state index in [2.05, 4.69) is 29.1 Å². The van der Waals surface area contributed by atoms with E-state index in [-0.39, 0.29) is 11.6 Å². The van der Waals surface area contributed by atoms with Gasteiger partial charge in [0.05, 0.1) is 18.8 Å². The predicted molar refractivity (Wildman–Crippen MR) is 119 cm³/mol. The summed E-state index contributed by atoms with van der Waals surface area (Å²) in [4.78, 5) is 3.42. The zero-order valence-electron chi connectivity index (χ0n) is 17.7. The highest BCUT2D eigenvalue weighted by Crippen LogP contribution is 2.43. The molecule has 2 atom stereocenters. The number of ether oxygens (including phenoxy) is 2. The topological polar surface area (TPSA) is 48.8 Å². The number of hydrogen-bond donors (Lipinski definition) is 1. The lowest BCUT2D eigenvalue weighted by atomic mass is 9.96. The van der Waals surface area contributed by atoms with Crippen molar-refractivity contribution in [2.75, 3.05) is 13.2 Å². The van der Waals surface area contributed by atoms with Crippen molar-refractivity contribution in [3.05, 3.63) is 76.6 Å². The number of rotatable bonds is 3. The molecule has 158 valence electrons. The highest BCUT2D eigenvalue weighted by molar-refractivity contribution is 5.47. The van der Waals surface area contributed by atoms with Crippen LogP contribution in [0.4, 0.5) is 5.69 Å². The van der Waals surface area contributed by atoms with Crippen molar-refractivity contribution in [2.45, 2.75) is 69.1 Å². The molecule has 2 aliphatic heterocycles. The second-order valence-electron chi connectivity index (χ2n) is 8.70. The third-order valence-corrected chi connectivity index (χ3v) is 6.35. The van der Waals surface area contributed by atoms with Gasteiger partial charge in [-0.1, -0.05) is 48.5 Å². The maximum atomic E-state index is 6.94. The Bertz CT molecular complexity index is 873. The van der Waals surface area contributed by atoms with Crippen LogP contribution in [-0.4, -0.2) is 13.2 Å². The van der Waals surface area contributed by atoms with Crippen molar-refractivity contribution < 1.29 is 9.47 Å². The fourth-order valence-corrected chi connectivity index (χ4v) is 4.27. The van der Waals surface area contributed by atoms with Gasteiger partial charge in [-0.05, 0) is 68.1 Å². The number of hydrogen-bond acceptors (Lipinski definition) is 3. The summed E-state index contributed by atoms with van der Waals surface area (Å²) in [7, 11) is 0. The van der Waals surface area contributed by atoms with E-state index in [0.717, 1.165) is 44.5 Å². The second kappa shape index (κ2) is 9.75. The average Bonchev–Trinajstić information content (AvgIpc) is 3.59. The molecule has 30 heavy (non-hydrogen) atoms. The molecule has 0 radical (unpaired) electrons. The van der Waals surface area contributed by atoms with Crippen molar-refractivity contribution in [3.63, 3.8) is 0 Å². The highest BCUT2D eigenvalue weighted by Gasteiger charge is 2.40. The van der Waals surface area contributed by atoms with E-state index in [0.29, 0.717) is 11.8 Å². The quantitative estimate of drug-likeness (QED) is 0.606. The summed E-state index contributed by atoms with van der Waals surface area (Å²) < 4.78 is 11.5. The van der Waals surface area contributed by atoms with Gasteiger partial charge in [0.2, 0.25) is 0 Å². The van der Waals surface area contributed by atoms with E-state index in [4.69, 9.17) is 21.8 Å². The fraction of sp³-hybridized carbons (Fsp3) is 0.500. The van der Waals surface area contributed by atoms with Gasteiger partial charge in [0.25, 0.3) is 0 Å². The maximum Gasteiger partial charge on any atom is 0.187 e. The predicted octanol–water partition coefficient (Wildman–Crippen LogP) is 6.35. The summed E-state index contributed by atoms with van der Waals surface area (Å²) >= 11 is 0. The lowest BCUT2D eigenvalue weighted by molar-refractivity contribution is 0.0148. The molecule has 1 saturated carbocycles. The van der Waals surface area contributed by atoms with E-state index in [1.807, 2.05) is 24.3 Å². The Balaban J connectivity index is 0.000000147. The zero-order chi connectivity index (χ0) is 20.8. The average molecular weight is 405 g/mol. The molecular weight excluding hydrogens is 372 g/mol. The molecular formula is C26H32N2O2. The summed E-state index contributed by atoms with van der Waals surface area (Å²) in [5, 5.41) is 0. The van der Waals surface area contributed by atoms with Crippen LogP contribution in [0.25, 0.3) is 4.85 Å². The van der Waals surface area contributed by atoms with E-state index < -0.39 is 0 Å². The fourth-order valence-electron chi connectivity index (χ4n) is 4.27. The molecule has 2 unspecified atom stereocenters. The van der Waals surface area contributed by atoms with E-state index in [9.17, 15) is 0 Å². The van der Waals surface area contributed by atoms with Crippen LogP contribution in [0.15, 0.2) is 48.5 Å². The number of nitrogens with two attached hydrogens (primary N) is 1. The smallest absolute Gasteiger partial charge is 0.187 e. The molecule has 2 N–H and O–H groups in total. The minimum Gasteiger partial charge on any atom is -0.374 e. The maximum absolute atomic E-state index is 6.94. The van der Waals surface area contributed by atoms with Crippen LogP contribution in [0.5, 0.6) is 0 Å². The molecule has 5 rings (SSSR count). The second-order valence-corrected chi connectivity index (χ2v) is 8.70. The first kappa shape index (κ1) is 21.1. The molecule has 0 bridgehead atoms. The number of nitrogens with zero attached hydrogens (tertiary/aromatic N) is 1. The largest absolute Gasteiger partial charge is 0.374 e. The normalized spacial score (nSPS) is 24.8. The molecule has 1 aliphatic carbocycles. The molecule has 2 aromatic rings. The summed E-state index contributed by atoms with van der Waals surface area (Å²) in [6.45, 7) is 8.70. The molecule has 3 aliphatic rings. The van der Waals surface area contributed by atoms with Gasteiger partial charge in [-0.2, -0.15) is 0 Å². The highest BCUT2D eigenvalue weighted by atomic mass is 16.5. The Morgan fingerprint density at radius 3 is 1.97 bits per heavy atom.